The van der Waals surface area contributed by atoms with Crippen molar-refractivity contribution in [2.45, 2.75) is 33.6 Å². The molecule has 0 atom stereocenters. The molecule has 1 saturated heterocycles. The van der Waals surface area contributed by atoms with Crippen molar-refractivity contribution in [2.24, 2.45) is 16.1 Å². The number of hydrazone groups is 2. The number of rotatable bonds is 6. The van der Waals surface area contributed by atoms with Crippen molar-refractivity contribution in [1.29, 1.82) is 0 Å². The van der Waals surface area contributed by atoms with Crippen LogP contribution in [0.1, 0.15) is 33.6 Å². The molecule has 0 aromatic carbocycles. The summed E-state index contributed by atoms with van der Waals surface area (Å²) in [4.78, 5) is 0. The van der Waals surface area contributed by atoms with Crippen LogP contribution in [0, 0.1) is 5.92 Å². The Morgan fingerprint density at radius 2 is 1.52 bits per heavy atom. The maximum atomic E-state index is 5.17. The Morgan fingerprint density at radius 1 is 1.00 bits per heavy atom. The van der Waals surface area contributed by atoms with Gasteiger partial charge in [0, 0.05) is 19.0 Å². The van der Waals surface area contributed by atoms with Crippen LogP contribution in [0.2, 0.25) is 0 Å². The van der Waals surface area contributed by atoms with Crippen molar-refractivity contribution in [3.8, 4) is 0 Å². The van der Waals surface area contributed by atoms with Crippen LogP contribution in [0.4, 0.5) is 0 Å². The van der Waals surface area contributed by atoms with Crippen molar-refractivity contribution in [3.05, 3.63) is 0 Å². The van der Waals surface area contributed by atoms with E-state index >= 15 is 0 Å². The second kappa shape index (κ2) is 11.3. The number of hydrogen-bond donors (Lipinski definition) is 5. The maximum absolute atomic E-state index is 5.17. The molecule has 0 aromatic heterocycles. The van der Waals surface area contributed by atoms with Crippen LogP contribution >= 0.6 is 24.4 Å². The van der Waals surface area contributed by atoms with E-state index in [9.17, 15) is 0 Å². The summed E-state index contributed by atoms with van der Waals surface area (Å²) in [6.45, 7) is 9.39. The molecule has 9 heteroatoms. The van der Waals surface area contributed by atoms with Gasteiger partial charge in [0.2, 0.25) is 0 Å². The number of thiocarbonyl (C=S) groups is 2. The van der Waals surface area contributed by atoms with Crippen LogP contribution in [0.25, 0.3) is 0 Å². The predicted molar refractivity (Wildman–Crippen MR) is 105 cm³/mol. The lowest BCUT2D eigenvalue weighted by Gasteiger charge is -2.24. The highest BCUT2D eigenvalue weighted by Gasteiger charge is 2.21. The highest BCUT2D eigenvalue weighted by atomic mass is 32.1. The lowest BCUT2D eigenvalue weighted by Crippen LogP contribution is -2.39. The minimum Gasteiger partial charge on any atom is -0.362 e. The summed E-state index contributed by atoms with van der Waals surface area (Å²) in [5.41, 5.74) is 7.48. The van der Waals surface area contributed by atoms with Gasteiger partial charge in [-0.3, -0.25) is 10.9 Å². The zero-order valence-electron chi connectivity index (χ0n) is 14.0. The highest BCUT2D eigenvalue weighted by molar-refractivity contribution is 7.80. The molecule has 0 amide bonds. The first-order valence-electron chi connectivity index (χ1n) is 7.99. The second-order valence-corrected chi connectivity index (χ2v) is 5.98. The number of nitrogens with zero attached hydrogens (tertiary/aromatic N) is 2. The zero-order chi connectivity index (χ0) is 17.1. The van der Waals surface area contributed by atoms with E-state index in [1.807, 2.05) is 20.8 Å². The maximum Gasteiger partial charge on any atom is 0.186 e. The average Bonchev–Trinajstić information content (AvgIpc) is 2.54. The third-order valence-electron chi connectivity index (χ3n) is 3.37. The third-order valence-corrected chi connectivity index (χ3v) is 3.85. The molecule has 0 bridgehead atoms. The molecular formula is C14H27N7S2. The first-order chi connectivity index (χ1) is 11.1. The molecule has 0 aromatic rings. The van der Waals surface area contributed by atoms with E-state index in [-0.39, 0.29) is 0 Å². The van der Waals surface area contributed by atoms with Crippen molar-refractivity contribution in [2.75, 3.05) is 26.2 Å². The van der Waals surface area contributed by atoms with Gasteiger partial charge in [-0.05, 0) is 71.1 Å². The third kappa shape index (κ3) is 7.67. The fourth-order valence-electron chi connectivity index (χ4n) is 2.27. The van der Waals surface area contributed by atoms with Gasteiger partial charge in [-0.2, -0.15) is 10.2 Å². The van der Waals surface area contributed by atoms with Gasteiger partial charge in [0.1, 0.15) is 0 Å². The molecule has 0 saturated carbocycles. The lowest BCUT2D eigenvalue weighted by atomic mass is 9.91. The van der Waals surface area contributed by atoms with E-state index in [0.717, 1.165) is 50.4 Å². The van der Waals surface area contributed by atoms with Gasteiger partial charge in [0.25, 0.3) is 0 Å². The van der Waals surface area contributed by atoms with Gasteiger partial charge >= 0.3 is 0 Å². The molecule has 0 aliphatic carbocycles. The first-order valence-corrected chi connectivity index (χ1v) is 8.80. The van der Waals surface area contributed by atoms with Crippen LogP contribution in [0.5, 0.6) is 0 Å². The molecule has 0 spiro atoms. The Kier molecular flexibility index (Phi) is 9.65. The van der Waals surface area contributed by atoms with Crippen molar-refractivity contribution < 1.29 is 0 Å². The second-order valence-electron chi connectivity index (χ2n) is 5.16. The molecule has 0 radical (unpaired) electrons. The standard InChI is InChI=1S/C14H27N7S2/c1-4-16-13(22)20-18-10(3)12(11-6-8-15-9-7-11)19-21-14(23)17-5-2/h11,15H,4-9H2,1-3H3,(H2,16,20,22)(H2,17,21,23)/b18-10+,19-12-. The van der Waals surface area contributed by atoms with Gasteiger partial charge in [-0.1, -0.05) is 0 Å². The Morgan fingerprint density at radius 3 is 2.04 bits per heavy atom. The Bertz CT molecular complexity index is 456. The number of nitrogens with one attached hydrogen (secondary N) is 5. The Balaban J connectivity index is 2.80. The molecule has 1 aliphatic heterocycles. The van der Waals surface area contributed by atoms with Gasteiger partial charge < -0.3 is 16.0 Å². The summed E-state index contributed by atoms with van der Waals surface area (Å²) in [7, 11) is 0. The van der Waals surface area contributed by atoms with E-state index in [1.165, 1.54) is 0 Å². The van der Waals surface area contributed by atoms with Crippen LogP contribution in [-0.2, 0) is 0 Å². The summed E-state index contributed by atoms with van der Waals surface area (Å²) in [6.07, 6.45) is 2.05. The molecule has 7 nitrogen and oxygen atoms in total. The number of piperidine rings is 1. The van der Waals surface area contributed by atoms with Crippen molar-refractivity contribution >= 4 is 46.1 Å². The smallest absolute Gasteiger partial charge is 0.186 e. The minimum atomic E-state index is 0.353. The quantitative estimate of drug-likeness (QED) is 0.272. The fourth-order valence-corrected chi connectivity index (χ4v) is 2.65. The number of hydrogen-bond acceptors (Lipinski definition) is 5. The molecule has 1 fully saturated rings. The van der Waals surface area contributed by atoms with Crippen molar-refractivity contribution in [3.63, 3.8) is 0 Å². The predicted octanol–water partition coefficient (Wildman–Crippen LogP) is 0.686. The van der Waals surface area contributed by atoms with E-state index in [2.05, 4.69) is 37.0 Å². The van der Waals surface area contributed by atoms with E-state index in [4.69, 9.17) is 24.4 Å². The van der Waals surface area contributed by atoms with Gasteiger partial charge in [-0.15, -0.1) is 0 Å². The normalized spacial score (nSPS) is 16.7. The molecule has 130 valence electrons. The zero-order valence-corrected chi connectivity index (χ0v) is 15.7. The van der Waals surface area contributed by atoms with Crippen LogP contribution in [0.15, 0.2) is 10.2 Å². The van der Waals surface area contributed by atoms with Crippen LogP contribution in [-0.4, -0.2) is 47.8 Å². The first kappa shape index (κ1) is 19.7. The van der Waals surface area contributed by atoms with Crippen LogP contribution in [0.3, 0.4) is 0 Å². The van der Waals surface area contributed by atoms with Gasteiger partial charge in [0.05, 0.1) is 11.4 Å². The minimum absolute atomic E-state index is 0.353. The summed E-state index contributed by atoms with van der Waals surface area (Å²) in [5.74, 6) is 0.353. The molecule has 5 N–H and O–H groups in total. The topological polar surface area (TPSA) is 84.9 Å². The summed E-state index contributed by atoms with van der Waals surface area (Å²) < 4.78 is 0. The Hall–Kier alpha value is -1.32. The highest BCUT2D eigenvalue weighted by Crippen LogP contribution is 2.14. The Labute approximate surface area is 149 Å². The van der Waals surface area contributed by atoms with E-state index in [0.29, 0.717) is 16.1 Å². The molecule has 1 rings (SSSR count). The molecule has 23 heavy (non-hydrogen) atoms. The average molecular weight is 358 g/mol. The molecule has 1 heterocycles. The summed E-state index contributed by atoms with van der Waals surface area (Å²) in [5, 5.41) is 19.3. The summed E-state index contributed by atoms with van der Waals surface area (Å²) >= 11 is 10.3. The van der Waals surface area contributed by atoms with Crippen LogP contribution < -0.4 is 26.8 Å². The molecule has 1 aliphatic rings. The van der Waals surface area contributed by atoms with Gasteiger partial charge in [0.15, 0.2) is 10.2 Å². The van der Waals surface area contributed by atoms with E-state index < -0.39 is 0 Å². The SMILES string of the molecule is CCNC(=S)N/N=C(C)/C(=N/NC(=S)NCC)C1CCNCC1. The van der Waals surface area contributed by atoms with Crippen molar-refractivity contribution in [1.82, 2.24) is 26.8 Å². The summed E-state index contributed by atoms with van der Waals surface area (Å²) in [6, 6.07) is 0. The molecule has 0 unspecified atom stereocenters. The fraction of sp³-hybridized carbons (Fsp3) is 0.714. The van der Waals surface area contributed by atoms with Gasteiger partial charge in [-0.25, -0.2) is 0 Å². The largest absolute Gasteiger partial charge is 0.362 e. The monoisotopic (exact) mass is 357 g/mol. The van der Waals surface area contributed by atoms with E-state index in [1.54, 1.807) is 0 Å². The molecular weight excluding hydrogens is 330 g/mol. The lowest BCUT2D eigenvalue weighted by molar-refractivity contribution is 0.457.